The average Bonchev–Trinajstić information content (AvgIpc) is 2.68. The van der Waals surface area contributed by atoms with Crippen LogP contribution in [0.4, 0.5) is 5.95 Å². The highest BCUT2D eigenvalue weighted by molar-refractivity contribution is 5.27. The van der Waals surface area contributed by atoms with Gasteiger partial charge in [-0.05, 0) is 24.1 Å². The molecule has 0 amide bonds. The van der Waals surface area contributed by atoms with Crippen molar-refractivity contribution in [3.05, 3.63) is 35.7 Å². The van der Waals surface area contributed by atoms with E-state index in [0.29, 0.717) is 5.95 Å². The van der Waals surface area contributed by atoms with E-state index in [2.05, 4.69) is 22.3 Å². The second kappa shape index (κ2) is 4.86. The summed E-state index contributed by atoms with van der Waals surface area (Å²) in [6.45, 7) is 0. The number of methoxy groups -OCH3 is 1. The first-order valence-electron chi connectivity index (χ1n) is 5.47. The van der Waals surface area contributed by atoms with Crippen molar-refractivity contribution in [2.45, 2.75) is 12.8 Å². The number of rotatable bonds is 4. The Morgan fingerprint density at radius 2 is 1.88 bits per heavy atom. The number of nitrogens with zero attached hydrogens (tertiary/aromatic N) is 3. The number of nitrogen functional groups attached to an aromatic ring is 1. The van der Waals surface area contributed by atoms with Gasteiger partial charge in [0.25, 0.3) is 0 Å². The molecule has 0 unspecified atom stereocenters. The number of hydrogen-bond donors (Lipinski definition) is 1. The number of benzene rings is 1. The molecule has 0 atom stereocenters. The van der Waals surface area contributed by atoms with Crippen LogP contribution in [0, 0.1) is 0 Å². The van der Waals surface area contributed by atoms with E-state index in [1.165, 1.54) is 5.56 Å². The Balaban J connectivity index is 2.00. The van der Waals surface area contributed by atoms with Gasteiger partial charge >= 0.3 is 0 Å². The molecule has 17 heavy (non-hydrogen) atoms. The smallest absolute Gasteiger partial charge is 0.221 e. The molecule has 0 saturated carbocycles. The lowest BCUT2D eigenvalue weighted by atomic mass is 10.1. The van der Waals surface area contributed by atoms with Gasteiger partial charge in [-0.15, -0.1) is 10.2 Å². The minimum atomic E-state index is 0.453. The molecule has 1 aromatic heterocycles. The van der Waals surface area contributed by atoms with Crippen molar-refractivity contribution in [1.82, 2.24) is 14.8 Å². The summed E-state index contributed by atoms with van der Waals surface area (Å²) in [4.78, 5) is 0. The molecular weight excluding hydrogens is 216 g/mol. The molecule has 5 heteroatoms. The van der Waals surface area contributed by atoms with Crippen LogP contribution in [0.2, 0.25) is 0 Å². The maximum atomic E-state index is 5.62. The van der Waals surface area contributed by atoms with Gasteiger partial charge in [-0.25, -0.2) is 0 Å². The lowest BCUT2D eigenvalue weighted by molar-refractivity contribution is 0.414. The van der Waals surface area contributed by atoms with Gasteiger partial charge in [-0.1, -0.05) is 12.1 Å². The summed E-state index contributed by atoms with van der Waals surface area (Å²) < 4.78 is 6.92. The standard InChI is InChI=1S/C12H16N4O/c1-16-11(14-15-12(16)13)8-5-9-3-6-10(17-2)7-4-9/h3-4,6-7H,5,8H2,1-2H3,(H2,13,15). The van der Waals surface area contributed by atoms with Gasteiger partial charge in [0, 0.05) is 13.5 Å². The molecule has 0 aliphatic heterocycles. The van der Waals surface area contributed by atoms with Gasteiger partial charge in [0.1, 0.15) is 11.6 Å². The highest BCUT2D eigenvalue weighted by Crippen LogP contribution is 2.13. The molecule has 0 aliphatic carbocycles. The Bertz CT molecular complexity index is 490. The highest BCUT2D eigenvalue weighted by Gasteiger charge is 2.05. The van der Waals surface area contributed by atoms with E-state index in [4.69, 9.17) is 10.5 Å². The molecule has 2 rings (SSSR count). The van der Waals surface area contributed by atoms with Crippen molar-refractivity contribution in [1.29, 1.82) is 0 Å². The van der Waals surface area contributed by atoms with Crippen molar-refractivity contribution in [2.75, 3.05) is 12.8 Å². The van der Waals surface area contributed by atoms with Crippen molar-refractivity contribution in [3.63, 3.8) is 0 Å². The Morgan fingerprint density at radius 3 is 2.41 bits per heavy atom. The van der Waals surface area contributed by atoms with Crippen LogP contribution in [0.3, 0.4) is 0 Å². The lowest BCUT2D eigenvalue weighted by Gasteiger charge is -2.03. The van der Waals surface area contributed by atoms with Crippen LogP contribution in [0.1, 0.15) is 11.4 Å². The SMILES string of the molecule is COc1ccc(CCc2nnc(N)n2C)cc1. The topological polar surface area (TPSA) is 66.0 Å². The summed E-state index contributed by atoms with van der Waals surface area (Å²) in [5.74, 6) is 2.23. The monoisotopic (exact) mass is 232 g/mol. The summed E-state index contributed by atoms with van der Waals surface area (Å²) >= 11 is 0. The van der Waals surface area contributed by atoms with E-state index in [1.807, 2.05) is 23.7 Å². The van der Waals surface area contributed by atoms with E-state index in [1.54, 1.807) is 7.11 Å². The lowest BCUT2D eigenvalue weighted by Crippen LogP contribution is -2.03. The van der Waals surface area contributed by atoms with E-state index < -0.39 is 0 Å². The maximum absolute atomic E-state index is 5.62. The fraction of sp³-hybridized carbons (Fsp3) is 0.333. The molecule has 90 valence electrons. The molecular formula is C12H16N4O. The predicted octanol–water partition coefficient (Wildman–Crippen LogP) is 1.19. The van der Waals surface area contributed by atoms with Crippen LogP contribution in [0.5, 0.6) is 5.75 Å². The molecule has 0 spiro atoms. The molecule has 1 aromatic carbocycles. The van der Waals surface area contributed by atoms with Crippen molar-refractivity contribution < 1.29 is 4.74 Å². The first kappa shape index (κ1) is 11.4. The van der Waals surface area contributed by atoms with Gasteiger partial charge in [0.15, 0.2) is 0 Å². The van der Waals surface area contributed by atoms with Crippen LogP contribution in [0.15, 0.2) is 24.3 Å². The average molecular weight is 232 g/mol. The van der Waals surface area contributed by atoms with E-state index in [0.717, 1.165) is 24.4 Å². The number of anilines is 1. The third-order valence-electron chi connectivity index (χ3n) is 2.80. The van der Waals surface area contributed by atoms with Crippen LogP contribution < -0.4 is 10.5 Å². The van der Waals surface area contributed by atoms with E-state index >= 15 is 0 Å². The first-order chi connectivity index (χ1) is 8.20. The Labute approximate surface area is 100 Å². The zero-order valence-electron chi connectivity index (χ0n) is 10.1. The third-order valence-corrected chi connectivity index (χ3v) is 2.80. The van der Waals surface area contributed by atoms with Gasteiger partial charge < -0.3 is 15.0 Å². The molecule has 2 aromatic rings. The second-order valence-corrected chi connectivity index (χ2v) is 3.88. The summed E-state index contributed by atoms with van der Waals surface area (Å²) in [6.07, 6.45) is 1.74. The molecule has 1 heterocycles. The molecule has 0 bridgehead atoms. The quantitative estimate of drug-likeness (QED) is 0.860. The molecule has 5 nitrogen and oxygen atoms in total. The molecule has 0 radical (unpaired) electrons. The summed E-state index contributed by atoms with van der Waals surface area (Å²) in [6, 6.07) is 8.03. The van der Waals surface area contributed by atoms with E-state index in [9.17, 15) is 0 Å². The van der Waals surface area contributed by atoms with Gasteiger partial charge in [-0.3, -0.25) is 0 Å². The normalized spacial score (nSPS) is 10.5. The Kier molecular flexibility index (Phi) is 3.27. The minimum Gasteiger partial charge on any atom is -0.497 e. The van der Waals surface area contributed by atoms with E-state index in [-0.39, 0.29) is 0 Å². The van der Waals surface area contributed by atoms with Gasteiger partial charge in [0.05, 0.1) is 7.11 Å². The second-order valence-electron chi connectivity index (χ2n) is 3.88. The molecule has 0 fully saturated rings. The summed E-state index contributed by atoms with van der Waals surface area (Å²) in [5, 5.41) is 7.85. The van der Waals surface area contributed by atoms with Crippen LogP contribution in [0.25, 0.3) is 0 Å². The fourth-order valence-corrected chi connectivity index (χ4v) is 1.64. The summed E-state index contributed by atoms with van der Waals surface area (Å²) in [7, 11) is 3.54. The zero-order chi connectivity index (χ0) is 12.3. The van der Waals surface area contributed by atoms with Gasteiger partial charge in [0.2, 0.25) is 5.95 Å². The van der Waals surface area contributed by atoms with Crippen molar-refractivity contribution in [3.8, 4) is 5.75 Å². The van der Waals surface area contributed by atoms with Crippen molar-refractivity contribution in [2.24, 2.45) is 7.05 Å². The first-order valence-corrected chi connectivity index (χ1v) is 5.47. The Hall–Kier alpha value is -2.04. The fourth-order valence-electron chi connectivity index (χ4n) is 1.64. The predicted molar refractivity (Wildman–Crippen MR) is 65.8 cm³/mol. The molecule has 0 aliphatic rings. The largest absolute Gasteiger partial charge is 0.497 e. The zero-order valence-corrected chi connectivity index (χ0v) is 10.1. The number of nitrogens with two attached hydrogens (primary N) is 1. The number of hydrogen-bond acceptors (Lipinski definition) is 4. The van der Waals surface area contributed by atoms with Crippen molar-refractivity contribution >= 4 is 5.95 Å². The Morgan fingerprint density at radius 1 is 1.18 bits per heavy atom. The number of aryl methyl sites for hydroxylation is 2. The maximum Gasteiger partial charge on any atom is 0.221 e. The van der Waals surface area contributed by atoms with Crippen LogP contribution >= 0.6 is 0 Å². The number of ether oxygens (including phenoxy) is 1. The minimum absolute atomic E-state index is 0.453. The van der Waals surface area contributed by atoms with Crippen LogP contribution in [-0.4, -0.2) is 21.9 Å². The van der Waals surface area contributed by atoms with Crippen LogP contribution in [-0.2, 0) is 19.9 Å². The number of aromatic nitrogens is 3. The molecule has 0 saturated heterocycles. The molecule has 2 N–H and O–H groups in total. The third kappa shape index (κ3) is 2.55. The summed E-state index contributed by atoms with van der Waals surface area (Å²) in [5.41, 5.74) is 6.86. The van der Waals surface area contributed by atoms with Gasteiger partial charge in [-0.2, -0.15) is 0 Å². The highest BCUT2D eigenvalue weighted by atomic mass is 16.5.